The van der Waals surface area contributed by atoms with Crippen molar-refractivity contribution in [3.8, 4) is 0 Å². The average molecular weight is 270 g/mol. The van der Waals surface area contributed by atoms with E-state index in [1.54, 1.807) is 0 Å². The molecule has 1 N–H and O–H groups in total. The van der Waals surface area contributed by atoms with Gasteiger partial charge in [-0.2, -0.15) is 0 Å². The molecule has 1 aromatic heterocycles. The first kappa shape index (κ1) is 10.9. The highest BCUT2D eigenvalue weighted by molar-refractivity contribution is 9.10. The van der Waals surface area contributed by atoms with Gasteiger partial charge in [-0.05, 0) is 41.6 Å². The summed E-state index contributed by atoms with van der Waals surface area (Å²) in [6, 6.07) is 2.57. The Hall–Kier alpha value is -0.640. The molecule has 82 valence electrons. The van der Waals surface area contributed by atoms with Crippen molar-refractivity contribution in [3.05, 3.63) is 16.5 Å². The van der Waals surface area contributed by atoms with Gasteiger partial charge in [-0.25, -0.2) is 9.97 Å². The van der Waals surface area contributed by atoms with Crippen LogP contribution in [0.25, 0.3) is 0 Å². The predicted molar refractivity (Wildman–Crippen MR) is 64.9 cm³/mol. The largest absolute Gasteiger partial charge is 0.367 e. The minimum Gasteiger partial charge on any atom is -0.367 e. The van der Waals surface area contributed by atoms with Gasteiger partial charge < -0.3 is 5.32 Å². The maximum atomic E-state index is 4.36. The van der Waals surface area contributed by atoms with Gasteiger partial charge in [0.15, 0.2) is 0 Å². The van der Waals surface area contributed by atoms with Crippen molar-refractivity contribution in [1.82, 2.24) is 9.97 Å². The number of aromatic nitrogens is 2. The molecule has 15 heavy (non-hydrogen) atoms. The molecule has 3 nitrogen and oxygen atoms in total. The summed E-state index contributed by atoms with van der Waals surface area (Å²) in [5.41, 5.74) is 0. The zero-order valence-electron chi connectivity index (χ0n) is 9.13. The van der Waals surface area contributed by atoms with Gasteiger partial charge in [-0.1, -0.05) is 13.3 Å². The first-order valence-corrected chi connectivity index (χ1v) is 6.26. The molecule has 0 aromatic carbocycles. The fourth-order valence-corrected chi connectivity index (χ4v) is 2.38. The highest BCUT2D eigenvalue weighted by Crippen LogP contribution is 2.37. The van der Waals surface area contributed by atoms with E-state index in [1.807, 2.05) is 13.0 Å². The minimum absolute atomic E-state index is 0.631. The maximum Gasteiger partial charge on any atom is 0.131 e. The molecule has 0 aliphatic heterocycles. The van der Waals surface area contributed by atoms with Crippen LogP contribution in [-0.4, -0.2) is 16.0 Å². The van der Waals surface area contributed by atoms with Crippen LogP contribution in [0.15, 0.2) is 10.7 Å². The lowest BCUT2D eigenvalue weighted by atomic mass is 10.2. The third kappa shape index (κ3) is 2.91. The van der Waals surface area contributed by atoms with Crippen LogP contribution in [0.4, 0.5) is 5.82 Å². The topological polar surface area (TPSA) is 37.8 Å². The van der Waals surface area contributed by atoms with E-state index in [9.17, 15) is 0 Å². The lowest BCUT2D eigenvalue weighted by Gasteiger charge is -2.05. The molecule has 1 aliphatic carbocycles. The van der Waals surface area contributed by atoms with E-state index in [0.29, 0.717) is 6.04 Å². The molecule has 1 aromatic rings. The normalized spacial score (nSPS) is 23.9. The fourth-order valence-electron chi connectivity index (χ4n) is 1.91. The van der Waals surface area contributed by atoms with Crippen LogP contribution in [0.3, 0.4) is 0 Å². The Morgan fingerprint density at radius 1 is 1.53 bits per heavy atom. The van der Waals surface area contributed by atoms with Crippen LogP contribution in [-0.2, 0) is 0 Å². The Morgan fingerprint density at radius 2 is 2.33 bits per heavy atom. The second-order valence-corrected chi connectivity index (χ2v) is 4.97. The second-order valence-electron chi connectivity index (χ2n) is 4.16. The van der Waals surface area contributed by atoms with Crippen LogP contribution in [0.2, 0.25) is 0 Å². The molecule has 0 bridgehead atoms. The van der Waals surface area contributed by atoms with Gasteiger partial charge in [0.25, 0.3) is 0 Å². The Morgan fingerprint density at radius 3 is 3.00 bits per heavy atom. The number of hydrogen-bond acceptors (Lipinski definition) is 3. The summed E-state index contributed by atoms with van der Waals surface area (Å²) >= 11 is 3.38. The Labute approximate surface area is 98.8 Å². The number of rotatable bonds is 4. The van der Waals surface area contributed by atoms with E-state index < -0.39 is 0 Å². The number of nitrogens with zero attached hydrogens (tertiary/aromatic N) is 2. The fraction of sp³-hybridized carbons (Fsp3) is 0.636. The molecule has 1 saturated carbocycles. The van der Waals surface area contributed by atoms with Crippen LogP contribution in [0.5, 0.6) is 0 Å². The SMILES string of the molecule is CCCC1CC1Nc1cc(Br)nc(C)n1. The predicted octanol–water partition coefficient (Wildman–Crippen LogP) is 3.15. The number of halogens is 1. The minimum atomic E-state index is 0.631. The summed E-state index contributed by atoms with van der Waals surface area (Å²) in [5.74, 6) is 2.60. The molecule has 2 unspecified atom stereocenters. The highest BCUT2D eigenvalue weighted by atomic mass is 79.9. The van der Waals surface area contributed by atoms with Crippen LogP contribution in [0, 0.1) is 12.8 Å². The van der Waals surface area contributed by atoms with Gasteiger partial charge >= 0.3 is 0 Å². The molecule has 0 amide bonds. The summed E-state index contributed by atoms with van der Waals surface area (Å²) in [6.45, 7) is 4.15. The summed E-state index contributed by atoms with van der Waals surface area (Å²) in [4.78, 5) is 8.54. The van der Waals surface area contributed by atoms with Crippen LogP contribution < -0.4 is 5.32 Å². The van der Waals surface area contributed by atoms with Crippen molar-refractivity contribution >= 4 is 21.7 Å². The molecular formula is C11H16BrN3. The van der Waals surface area contributed by atoms with E-state index >= 15 is 0 Å². The van der Waals surface area contributed by atoms with Gasteiger partial charge in [0.1, 0.15) is 16.2 Å². The second kappa shape index (κ2) is 4.47. The zero-order chi connectivity index (χ0) is 10.8. The highest BCUT2D eigenvalue weighted by Gasteiger charge is 2.36. The molecule has 4 heteroatoms. The molecule has 2 rings (SSSR count). The molecule has 2 atom stereocenters. The van der Waals surface area contributed by atoms with Crippen molar-refractivity contribution in [2.75, 3.05) is 5.32 Å². The molecule has 1 heterocycles. The average Bonchev–Trinajstić information content (AvgIpc) is 2.82. The number of aryl methyl sites for hydroxylation is 1. The maximum absolute atomic E-state index is 4.36. The standard InChI is InChI=1S/C11H16BrN3/c1-3-4-8-5-9(8)15-11-6-10(12)13-7(2)14-11/h6,8-9H,3-5H2,1-2H3,(H,13,14,15). The molecule has 0 saturated heterocycles. The zero-order valence-corrected chi connectivity index (χ0v) is 10.7. The molecule has 1 aliphatic rings. The first-order valence-electron chi connectivity index (χ1n) is 5.46. The molecule has 1 fully saturated rings. The van der Waals surface area contributed by atoms with E-state index in [0.717, 1.165) is 22.2 Å². The summed E-state index contributed by atoms with van der Waals surface area (Å²) in [7, 11) is 0. The van der Waals surface area contributed by atoms with Gasteiger partial charge in [-0.3, -0.25) is 0 Å². The van der Waals surface area contributed by atoms with Gasteiger partial charge in [0.05, 0.1) is 0 Å². The summed E-state index contributed by atoms with van der Waals surface area (Å²) in [6.07, 6.45) is 3.88. The first-order chi connectivity index (χ1) is 7.19. The number of anilines is 1. The summed E-state index contributed by atoms with van der Waals surface area (Å²) in [5, 5.41) is 3.45. The smallest absolute Gasteiger partial charge is 0.131 e. The van der Waals surface area contributed by atoms with Gasteiger partial charge in [0.2, 0.25) is 0 Å². The van der Waals surface area contributed by atoms with Gasteiger partial charge in [0, 0.05) is 12.1 Å². The Kier molecular flexibility index (Phi) is 3.24. The van der Waals surface area contributed by atoms with Crippen molar-refractivity contribution < 1.29 is 0 Å². The van der Waals surface area contributed by atoms with Crippen molar-refractivity contribution in [2.45, 2.75) is 39.2 Å². The molecule has 0 spiro atoms. The van der Waals surface area contributed by atoms with E-state index in [-0.39, 0.29) is 0 Å². The number of nitrogens with one attached hydrogen (secondary N) is 1. The quantitative estimate of drug-likeness (QED) is 0.854. The number of hydrogen-bond donors (Lipinski definition) is 1. The van der Waals surface area contributed by atoms with E-state index in [1.165, 1.54) is 19.3 Å². The third-order valence-corrected chi connectivity index (χ3v) is 3.13. The lowest BCUT2D eigenvalue weighted by Crippen LogP contribution is -2.07. The van der Waals surface area contributed by atoms with Crippen molar-refractivity contribution in [2.24, 2.45) is 5.92 Å². The monoisotopic (exact) mass is 269 g/mol. The lowest BCUT2D eigenvalue weighted by molar-refractivity contribution is 0.692. The van der Waals surface area contributed by atoms with Crippen molar-refractivity contribution in [1.29, 1.82) is 0 Å². The van der Waals surface area contributed by atoms with E-state index in [4.69, 9.17) is 0 Å². The van der Waals surface area contributed by atoms with Crippen LogP contribution >= 0.6 is 15.9 Å². The van der Waals surface area contributed by atoms with Crippen LogP contribution in [0.1, 0.15) is 32.0 Å². The van der Waals surface area contributed by atoms with Crippen molar-refractivity contribution in [3.63, 3.8) is 0 Å². The third-order valence-electron chi connectivity index (χ3n) is 2.72. The Balaban J connectivity index is 1.94. The summed E-state index contributed by atoms with van der Waals surface area (Å²) < 4.78 is 0.852. The Bertz CT molecular complexity index is 333. The molecular weight excluding hydrogens is 254 g/mol. The van der Waals surface area contributed by atoms with Gasteiger partial charge in [-0.15, -0.1) is 0 Å². The van der Waals surface area contributed by atoms with E-state index in [2.05, 4.69) is 38.1 Å². The molecule has 0 radical (unpaired) electrons.